The minimum Gasteiger partial charge on any atom is -0.457 e. The Morgan fingerprint density at radius 1 is 0.636 bits per heavy atom. The molecule has 0 spiro atoms. The second kappa shape index (κ2) is 20.5. The van der Waals surface area contributed by atoms with Gasteiger partial charge in [0.25, 0.3) is 0 Å². The third-order valence-electron chi connectivity index (χ3n) is 7.62. The summed E-state index contributed by atoms with van der Waals surface area (Å²) in [5.74, 6) is 0.239. The highest BCUT2D eigenvalue weighted by atomic mass is 17.2. The van der Waals surface area contributed by atoms with E-state index in [0.717, 1.165) is 17.7 Å². The minimum absolute atomic E-state index is 0.0534. The van der Waals surface area contributed by atoms with Crippen molar-refractivity contribution in [2.45, 2.75) is 19.1 Å². The van der Waals surface area contributed by atoms with Crippen molar-refractivity contribution in [1.82, 2.24) is 0 Å². The largest absolute Gasteiger partial charge is 0.457 e. The molecule has 0 saturated heterocycles. The zero-order valence-corrected chi connectivity index (χ0v) is 29.3. The van der Waals surface area contributed by atoms with Crippen molar-refractivity contribution in [3.63, 3.8) is 0 Å². The molecule has 0 saturated carbocycles. The molecule has 0 heterocycles. The van der Waals surface area contributed by atoms with Gasteiger partial charge in [-0.05, 0) is 71.8 Å². The highest BCUT2D eigenvalue weighted by molar-refractivity contribution is 5.97. The van der Waals surface area contributed by atoms with Crippen molar-refractivity contribution in [1.29, 1.82) is 0 Å². The van der Waals surface area contributed by atoms with E-state index in [1.165, 1.54) is 12.1 Å². The first-order chi connectivity index (χ1) is 26.9. The monoisotopic (exact) mass is 752 g/mol. The predicted octanol–water partition coefficient (Wildman–Crippen LogP) is 7.63. The normalized spacial score (nSPS) is 11.1. The quantitative estimate of drug-likeness (QED) is 0.0148. The molecule has 0 radical (unpaired) electrons. The van der Waals surface area contributed by atoms with E-state index in [2.05, 4.69) is 13.2 Å². The van der Waals surface area contributed by atoms with Crippen LogP contribution in [0.4, 0.5) is 0 Å². The lowest BCUT2D eigenvalue weighted by atomic mass is 10.1. The molecule has 0 aliphatic rings. The van der Waals surface area contributed by atoms with Crippen LogP contribution in [0, 0.1) is 0 Å². The first kappa shape index (κ1) is 39.5. The maximum Gasteiger partial charge on any atom is 0.343 e. The van der Waals surface area contributed by atoms with Gasteiger partial charge in [-0.15, -0.1) is 0 Å². The first-order valence-corrected chi connectivity index (χ1v) is 16.6. The lowest BCUT2D eigenvalue weighted by Crippen LogP contribution is -2.10. The van der Waals surface area contributed by atoms with Crippen molar-refractivity contribution >= 4 is 28.7 Å². The van der Waals surface area contributed by atoms with Gasteiger partial charge < -0.3 is 33.5 Å². The molecule has 5 aromatic rings. The molecule has 55 heavy (non-hydrogen) atoms. The van der Waals surface area contributed by atoms with Gasteiger partial charge in [-0.3, -0.25) is 5.26 Å². The molecule has 14 heteroatoms. The molecule has 1 atom stereocenters. The van der Waals surface area contributed by atoms with Gasteiger partial charge in [0.1, 0.15) is 30.0 Å². The smallest absolute Gasteiger partial charge is 0.343 e. The van der Waals surface area contributed by atoms with Crippen LogP contribution in [0.15, 0.2) is 135 Å². The molecule has 0 aromatic heterocycles. The predicted molar refractivity (Wildman–Crippen MR) is 195 cm³/mol. The second-order valence-electron chi connectivity index (χ2n) is 11.2. The summed E-state index contributed by atoms with van der Waals surface area (Å²) in [6.07, 6.45) is 1.59. The van der Waals surface area contributed by atoms with Crippen LogP contribution in [0.2, 0.25) is 0 Å². The number of esters is 3. The maximum atomic E-state index is 12.9. The van der Waals surface area contributed by atoms with Crippen LogP contribution in [-0.2, 0) is 40.3 Å². The number of hydrogen-bond donors (Lipinski definition) is 1. The highest BCUT2D eigenvalue weighted by Crippen LogP contribution is 2.34. The summed E-state index contributed by atoms with van der Waals surface area (Å²) < 4.78 is 25.9. The average molecular weight is 753 g/mol. The lowest BCUT2D eigenvalue weighted by molar-refractivity contribution is -0.292. The molecule has 0 amide bonds. The minimum atomic E-state index is -0.728. The number of ether oxygens (including phenoxy) is 5. The van der Waals surface area contributed by atoms with Crippen molar-refractivity contribution in [2.75, 3.05) is 20.2 Å². The van der Waals surface area contributed by atoms with E-state index in [0.29, 0.717) is 45.1 Å². The number of carbonyl (C=O) groups is 3. The zero-order chi connectivity index (χ0) is 38.8. The molecular weight excluding hydrogens is 716 g/mol. The lowest BCUT2D eigenvalue weighted by Gasteiger charge is -2.15. The summed E-state index contributed by atoms with van der Waals surface area (Å²) in [4.78, 5) is 61.7. The summed E-state index contributed by atoms with van der Waals surface area (Å²) in [7, 11) is 0. The van der Waals surface area contributed by atoms with Gasteiger partial charge in [0, 0.05) is 29.3 Å². The van der Waals surface area contributed by atoms with Crippen LogP contribution in [0.25, 0.3) is 10.8 Å². The molecule has 5 rings (SSSR count). The number of benzene rings is 5. The molecule has 0 aliphatic heterocycles. The van der Waals surface area contributed by atoms with Gasteiger partial charge in [0.15, 0.2) is 11.5 Å². The van der Waals surface area contributed by atoms with E-state index in [1.54, 1.807) is 91.0 Å². The molecular formula is C41H36O14. The van der Waals surface area contributed by atoms with E-state index in [9.17, 15) is 19.6 Å². The summed E-state index contributed by atoms with van der Waals surface area (Å²) in [6, 6.07) is 30.2. The van der Waals surface area contributed by atoms with Gasteiger partial charge in [0.2, 0.25) is 13.6 Å². The van der Waals surface area contributed by atoms with E-state index in [-0.39, 0.29) is 38.8 Å². The molecule has 5 aromatic carbocycles. The topological polar surface area (TPSA) is 164 Å². The Morgan fingerprint density at radius 3 is 1.80 bits per heavy atom. The number of carbonyl (C=O) groups excluding carboxylic acids is 3. The van der Waals surface area contributed by atoms with Gasteiger partial charge >= 0.3 is 17.9 Å². The Kier molecular flexibility index (Phi) is 14.7. The number of rotatable bonds is 21. The fourth-order valence-electron chi connectivity index (χ4n) is 4.81. The maximum absolute atomic E-state index is 12.9. The van der Waals surface area contributed by atoms with E-state index < -0.39 is 24.0 Å². The van der Waals surface area contributed by atoms with Crippen LogP contribution >= 0.6 is 0 Å². The van der Waals surface area contributed by atoms with Crippen LogP contribution in [0.5, 0.6) is 28.7 Å². The third kappa shape index (κ3) is 11.9. The van der Waals surface area contributed by atoms with Gasteiger partial charge in [-0.1, -0.05) is 61.7 Å². The average Bonchev–Trinajstić information content (AvgIpc) is 3.22. The summed E-state index contributed by atoms with van der Waals surface area (Å²) >= 11 is 0. The number of fused-ring (bicyclic) bond motifs is 1. The number of hydrogen-bond acceptors (Lipinski definition) is 14. The first-order valence-electron chi connectivity index (χ1n) is 16.6. The van der Waals surface area contributed by atoms with Crippen molar-refractivity contribution in [3.05, 3.63) is 151 Å². The van der Waals surface area contributed by atoms with Crippen LogP contribution < -0.4 is 24.0 Å². The third-order valence-corrected chi connectivity index (χ3v) is 7.62. The zero-order valence-electron chi connectivity index (χ0n) is 29.3. The SMILES string of the molecule is C=CC(=O)OCOc1ccc(COOc2ccc(C(CCOOc3ccc(OC(=O)c4ccc(OCOC(=O)C=C)cc4)c4ccccc34)OO)cc2)cc1. The molecule has 0 aliphatic carbocycles. The fraction of sp³-hybridized carbons (Fsp3) is 0.146. The van der Waals surface area contributed by atoms with Gasteiger partial charge in [-0.2, -0.15) is 9.78 Å². The Balaban J connectivity index is 1.06. The Morgan fingerprint density at radius 2 is 1.20 bits per heavy atom. The Hall–Kier alpha value is -6.71. The Labute approximate surface area is 315 Å². The second-order valence-corrected chi connectivity index (χ2v) is 11.2. The van der Waals surface area contributed by atoms with Crippen molar-refractivity contribution in [2.24, 2.45) is 0 Å². The molecule has 1 N–H and O–H groups in total. The summed E-state index contributed by atoms with van der Waals surface area (Å²) in [5.41, 5.74) is 1.74. The molecule has 1 unspecified atom stereocenters. The van der Waals surface area contributed by atoms with Crippen LogP contribution in [0.1, 0.15) is 34.0 Å². The summed E-state index contributed by atoms with van der Waals surface area (Å²) in [6.45, 7) is 6.31. The highest BCUT2D eigenvalue weighted by Gasteiger charge is 2.16. The van der Waals surface area contributed by atoms with E-state index in [4.69, 9.17) is 48.1 Å². The standard InChI is InChI=1S/C41H36O14/c1-3-39(42)48-26-46-31-15-9-28(10-16-31)25-51-54-33-19-11-29(12-20-33)36(53-45)23-24-50-55-38-22-21-37(34-7-5-6-8-35(34)38)52-41(44)30-13-17-32(18-14-30)47-27-49-40(43)4-2/h3-22,36,45H,1-2,23-27H2. The van der Waals surface area contributed by atoms with Gasteiger partial charge in [-0.25, -0.2) is 19.3 Å². The molecule has 0 bridgehead atoms. The van der Waals surface area contributed by atoms with Crippen LogP contribution in [0.3, 0.4) is 0 Å². The molecule has 284 valence electrons. The van der Waals surface area contributed by atoms with Crippen LogP contribution in [-0.4, -0.2) is 43.4 Å². The Bertz CT molecular complexity index is 2040. The van der Waals surface area contributed by atoms with Gasteiger partial charge in [0.05, 0.1) is 12.2 Å². The van der Waals surface area contributed by atoms with Crippen molar-refractivity contribution < 1.29 is 67.8 Å². The summed E-state index contributed by atoms with van der Waals surface area (Å²) in [5, 5.41) is 10.8. The van der Waals surface area contributed by atoms with E-state index in [1.807, 2.05) is 6.07 Å². The molecule has 0 fully saturated rings. The fourth-order valence-corrected chi connectivity index (χ4v) is 4.81. The van der Waals surface area contributed by atoms with E-state index >= 15 is 0 Å². The van der Waals surface area contributed by atoms with Crippen molar-refractivity contribution in [3.8, 4) is 28.7 Å². The molecule has 14 nitrogen and oxygen atoms in total.